The Hall–Kier alpha value is -6.32. The van der Waals surface area contributed by atoms with E-state index in [1.807, 2.05) is 6.07 Å². The zero-order valence-electron chi connectivity index (χ0n) is 36.5. The van der Waals surface area contributed by atoms with Crippen LogP contribution in [-0.2, 0) is 25.6 Å². The van der Waals surface area contributed by atoms with Crippen molar-refractivity contribution in [2.45, 2.75) is 75.8 Å². The molecule has 10 rings (SSSR count). The number of hydrogen-bond donors (Lipinski definition) is 3. The Morgan fingerprint density at radius 1 is 0.803 bits per heavy atom. The van der Waals surface area contributed by atoms with Crippen LogP contribution in [0.25, 0.3) is 10.9 Å². The highest BCUT2D eigenvalue weighted by Crippen LogP contribution is 2.48. The van der Waals surface area contributed by atoms with Gasteiger partial charge in [-0.3, -0.25) is 39.3 Å². The van der Waals surface area contributed by atoms with Gasteiger partial charge >= 0.3 is 0 Å². The van der Waals surface area contributed by atoms with E-state index in [9.17, 15) is 23.6 Å². The maximum absolute atomic E-state index is 15.9. The molecule has 4 saturated heterocycles. The van der Waals surface area contributed by atoms with E-state index in [0.717, 1.165) is 65.0 Å². The van der Waals surface area contributed by atoms with Crippen LogP contribution in [0, 0.1) is 28.8 Å². The topological polar surface area (TPSA) is 136 Å². The Kier molecular flexibility index (Phi) is 12.0. The molecule has 4 aromatic carbocycles. The van der Waals surface area contributed by atoms with Crippen molar-refractivity contribution >= 4 is 51.6 Å². The zero-order chi connectivity index (χ0) is 45.5. The van der Waals surface area contributed by atoms with Gasteiger partial charge in [-0.15, -0.1) is 0 Å². The van der Waals surface area contributed by atoms with Crippen LogP contribution in [-0.4, -0.2) is 89.8 Å². The third-order valence-corrected chi connectivity index (χ3v) is 14.4. The van der Waals surface area contributed by atoms with Gasteiger partial charge in [-0.05, 0) is 148 Å². The van der Waals surface area contributed by atoms with E-state index in [1.54, 1.807) is 48.7 Å². The first kappa shape index (κ1) is 43.6. The summed E-state index contributed by atoms with van der Waals surface area (Å²) in [6.07, 6.45) is 7.72. The summed E-state index contributed by atoms with van der Waals surface area (Å²) in [5.74, 6) is -1.56. The lowest BCUT2D eigenvalue weighted by Crippen LogP contribution is -2.49. The third-order valence-electron chi connectivity index (χ3n) is 14.4. The number of imide groups is 1. The number of aromatic nitrogens is 1. The predicted molar refractivity (Wildman–Crippen MR) is 244 cm³/mol. The molecule has 4 amide bonds. The number of fused-ring (bicyclic) bond motifs is 3. The summed E-state index contributed by atoms with van der Waals surface area (Å²) >= 11 is 0. The number of anilines is 3. The molecule has 342 valence electrons. The highest BCUT2D eigenvalue weighted by molar-refractivity contribution is 6.17. The van der Waals surface area contributed by atoms with Crippen LogP contribution in [0.15, 0.2) is 91.1 Å². The van der Waals surface area contributed by atoms with Crippen molar-refractivity contribution in [1.29, 1.82) is 0 Å². The molecule has 1 aromatic heterocycles. The highest BCUT2D eigenvalue weighted by Gasteiger charge is 2.56. The van der Waals surface area contributed by atoms with Crippen molar-refractivity contribution in [3.05, 3.63) is 120 Å². The molecule has 5 aromatic rings. The summed E-state index contributed by atoms with van der Waals surface area (Å²) in [7, 11) is 0. The van der Waals surface area contributed by atoms with E-state index < -0.39 is 29.0 Å². The molecular formula is C51H52F3N7O5. The first-order chi connectivity index (χ1) is 32.0. The minimum Gasteiger partial charge on any atom is -0.457 e. The molecule has 2 bridgehead atoms. The normalized spacial score (nSPS) is 21.8. The standard InChI is InChI=1S/C51H52F3N7O5/c52-34-5-7-35(8-6-34)56-49(64)51(18-19-51)50(65)57-36-9-11-39(12-10-36)66-46-15-20-55-44-27-45(43(54)26-41(44)46)59-22-16-31(17-23-59)28-61-30-37-25-38(61)29-60(37)21-1-2-32-3-4-33(24-42(32)53)40-13-14-47(62)58-48(40)63/h3-12,15,20,24,26-27,31,37-38,40H,1-2,13-14,16-19,21-23,25,28-30H2,(H,56,64)(H,57,65)(H,58,62,63)/t37-,38-,40?/m0/s1. The van der Waals surface area contributed by atoms with Crippen molar-refractivity contribution in [3.63, 3.8) is 0 Å². The number of nitrogens with zero attached hydrogens (tertiary/aromatic N) is 4. The van der Waals surface area contributed by atoms with Gasteiger partial charge in [0, 0.05) is 74.2 Å². The molecular weight excluding hydrogens is 848 g/mol. The van der Waals surface area contributed by atoms with Gasteiger partial charge in [0.2, 0.25) is 23.6 Å². The van der Waals surface area contributed by atoms with Crippen LogP contribution >= 0.6 is 0 Å². The molecule has 3 atom stereocenters. The fourth-order valence-electron chi connectivity index (χ4n) is 10.4. The molecule has 0 spiro atoms. The molecule has 5 heterocycles. The summed E-state index contributed by atoms with van der Waals surface area (Å²) < 4.78 is 50.5. The highest BCUT2D eigenvalue weighted by atomic mass is 19.1. The van der Waals surface area contributed by atoms with Crippen molar-refractivity contribution < 1.29 is 37.1 Å². The fraction of sp³-hybridized carbons (Fsp3) is 0.392. The van der Waals surface area contributed by atoms with E-state index in [0.29, 0.717) is 94.3 Å². The average Bonchev–Trinajstić information content (AvgIpc) is 3.92. The summed E-state index contributed by atoms with van der Waals surface area (Å²) in [5, 5.41) is 8.44. The number of pyridine rings is 1. The molecule has 0 radical (unpaired) electrons. The minimum absolute atomic E-state index is 0.268. The van der Waals surface area contributed by atoms with Crippen molar-refractivity contribution in [2.75, 3.05) is 54.8 Å². The average molecular weight is 900 g/mol. The van der Waals surface area contributed by atoms with Gasteiger partial charge in [-0.1, -0.05) is 12.1 Å². The number of amides is 4. The van der Waals surface area contributed by atoms with Crippen molar-refractivity contribution in [3.8, 4) is 11.5 Å². The van der Waals surface area contributed by atoms with Gasteiger partial charge in [0.15, 0.2) is 0 Å². The number of carbonyl (C=O) groups excluding carboxylic acids is 4. The lowest BCUT2D eigenvalue weighted by molar-refractivity contribution is -0.134. The van der Waals surface area contributed by atoms with Crippen LogP contribution in [0.3, 0.4) is 0 Å². The molecule has 15 heteroatoms. The number of hydrogen-bond acceptors (Lipinski definition) is 9. The largest absolute Gasteiger partial charge is 0.457 e. The fourth-order valence-corrected chi connectivity index (χ4v) is 10.4. The van der Waals surface area contributed by atoms with Crippen molar-refractivity contribution in [1.82, 2.24) is 20.1 Å². The zero-order valence-corrected chi connectivity index (χ0v) is 36.5. The maximum atomic E-state index is 15.9. The number of carbonyl (C=O) groups is 4. The molecule has 5 fully saturated rings. The number of halogens is 3. The van der Waals surface area contributed by atoms with Crippen molar-refractivity contribution in [2.24, 2.45) is 11.3 Å². The van der Waals surface area contributed by atoms with Crippen LogP contribution in [0.1, 0.15) is 68.4 Å². The van der Waals surface area contributed by atoms with E-state index in [4.69, 9.17) is 4.74 Å². The molecule has 12 nitrogen and oxygen atoms in total. The summed E-state index contributed by atoms with van der Waals surface area (Å²) in [5.41, 5.74) is 2.15. The lowest BCUT2D eigenvalue weighted by atomic mass is 9.89. The van der Waals surface area contributed by atoms with E-state index in [-0.39, 0.29) is 29.9 Å². The van der Waals surface area contributed by atoms with Crippen LogP contribution < -0.4 is 25.6 Å². The third kappa shape index (κ3) is 9.10. The second kappa shape index (κ2) is 18.2. The number of piperazine rings is 1. The number of ether oxygens (including phenoxy) is 1. The van der Waals surface area contributed by atoms with Crippen LogP contribution in [0.2, 0.25) is 0 Å². The monoisotopic (exact) mass is 899 g/mol. The molecule has 66 heavy (non-hydrogen) atoms. The molecule has 4 aliphatic heterocycles. The number of likely N-dealkylation sites (tertiary alicyclic amines) is 2. The second-order valence-electron chi connectivity index (χ2n) is 18.6. The van der Waals surface area contributed by atoms with Gasteiger partial charge in [0.25, 0.3) is 0 Å². The molecule has 1 aliphatic carbocycles. The summed E-state index contributed by atoms with van der Waals surface area (Å²) in [6, 6.07) is 23.2. The van der Waals surface area contributed by atoms with Gasteiger partial charge in [-0.25, -0.2) is 13.2 Å². The Morgan fingerprint density at radius 2 is 1.50 bits per heavy atom. The first-order valence-electron chi connectivity index (χ1n) is 23.1. The summed E-state index contributed by atoms with van der Waals surface area (Å²) in [4.78, 5) is 61.8. The van der Waals surface area contributed by atoms with E-state index in [2.05, 4.69) is 35.6 Å². The molecule has 1 saturated carbocycles. The van der Waals surface area contributed by atoms with Gasteiger partial charge in [-0.2, -0.15) is 0 Å². The van der Waals surface area contributed by atoms with E-state index >= 15 is 8.78 Å². The second-order valence-corrected chi connectivity index (χ2v) is 18.6. The first-order valence-corrected chi connectivity index (χ1v) is 23.1. The maximum Gasteiger partial charge on any atom is 0.240 e. The Morgan fingerprint density at radius 3 is 2.17 bits per heavy atom. The lowest BCUT2D eigenvalue weighted by Gasteiger charge is -2.39. The quantitative estimate of drug-likeness (QED) is 0.0751. The van der Waals surface area contributed by atoms with Crippen LogP contribution in [0.5, 0.6) is 11.5 Å². The molecule has 5 aliphatic rings. The Bertz CT molecular complexity index is 2670. The molecule has 1 unspecified atom stereocenters. The number of rotatable bonds is 14. The minimum atomic E-state index is -1.19. The number of benzene rings is 4. The van der Waals surface area contributed by atoms with Gasteiger partial charge in [0.1, 0.15) is 34.4 Å². The summed E-state index contributed by atoms with van der Waals surface area (Å²) in [6.45, 7) is 5.53. The SMILES string of the molecule is O=C1CCC(c2ccc(CCCN3C[C@@H]4C[C@H]3CN4CC3CCN(c4cc5nccc(Oc6ccc(NC(=O)C7(C(=O)Nc8ccc(F)cc8)CC7)cc6)c5cc4F)CC3)c(F)c2)C(=O)N1. The van der Waals surface area contributed by atoms with Crippen LogP contribution in [0.4, 0.5) is 30.2 Å². The smallest absolute Gasteiger partial charge is 0.240 e. The predicted octanol–water partition coefficient (Wildman–Crippen LogP) is 7.93. The number of aryl methyl sites for hydroxylation is 1. The number of piperidine rings is 2. The van der Waals surface area contributed by atoms with Gasteiger partial charge in [0.05, 0.1) is 17.1 Å². The Labute approximate surface area is 380 Å². The van der Waals surface area contributed by atoms with Gasteiger partial charge < -0.3 is 20.3 Å². The molecule has 3 N–H and O–H groups in total. The Balaban J connectivity index is 0.678. The van der Waals surface area contributed by atoms with E-state index in [1.165, 1.54) is 36.4 Å². The number of nitrogens with one attached hydrogen (secondary N) is 3.